The van der Waals surface area contributed by atoms with Crippen molar-refractivity contribution in [2.75, 3.05) is 0 Å². The highest BCUT2D eigenvalue weighted by Gasteiger charge is 2.53. The average molecular weight is 663 g/mol. The molecule has 0 aromatic heterocycles. The fourth-order valence-corrected chi connectivity index (χ4v) is 11.5. The van der Waals surface area contributed by atoms with Gasteiger partial charge in [-0.05, 0) is 52.9 Å². The van der Waals surface area contributed by atoms with E-state index in [9.17, 15) is 9.59 Å². The molecule has 3 aromatic rings. The van der Waals surface area contributed by atoms with Crippen molar-refractivity contribution in [1.29, 1.82) is 0 Å². The Morgan fingerprint density at radius 3 is 1.91 bits per heavy atom. The minimum absolute atomic E-state index is 0.0465. The van der Waals surface area contributed by atoms with Crippen LogP contribution in [-0.2, 0) is 14.0 Å². The first-order chi connectivity index (χ1) is 20.2. The van der Waals surface area contributed by atoms with Gasteiger partial charge in [-0.25, -0.2) is 9.69 Å². The zero-order valence-corrected chi connectivity index (χ0v) is 29.1. The molecule has 5 nitrogen and oxygen atoms in total. The van der Waals surface area contributed by atoms with Crippen LogP contribution in [0.3, 0.4) is 0 Å². The first kappa shape index (κ1) is 32.9. The summed E-state index contributed by atoms with van der Waals surface area (Å²) >= 11 is 3.58. The molecule has 0 N–H and O–H groups in total. The monoisotopic (exact) mass is 661 g/mol. The largest absolute Gasteiger partial charge is 0.441 e. The zero-order chi connectivity index (χ0) is 31.6. The number of rotatable bonds is 9. The number of hydrogen-bond acceptors (Lipinski definition) is 4. The molecule has 2 amide bonds. The molecule has 1 fully saturated rings. The topological polar surface area (TPSA) is 55.8 Å². The van der Waals surface area contributed by atoms with Gasteiger partial charge in [-0.15, -0.1) is 0 Å². The Bertz CT molecular complexity index is 1390. The Kier molecular flexibility index (Phi) is 9.89. The number of imide groups is 1. The maximum atomic E-state index is 13.6. The van der Waals surface area contributed by atoms with Crippen LogP contribution >= 0.6 is 15.9 Å². The van der Waals surface area contributed by atoms with Crippen molar-refractivity contribution in [1.82, 2.24) is 4.90 Å². The van der Waals surface area contributed by atoms with Crippen molar-refractivity contribution >= 4 is 46.6 Å². The Morgan fingerprint density at radius 1 is 0.930 bits per heavy atom. The second kappa shape index (κ2) is 12.9. The van der Waals surface area contributed by atoms with Crippen LogP contribution in [0.2, 0.25) is 5.04 Å². The highest BCUT2D eigenvalue weighted by atomic mass is 79.9. The summed E-state index contributed by atoms with van der Waals surface area (Å²) in [5.41, 5.74) is 0.259. The van der Waals surface area contributed by atoms with Gasteiger partial charge in [0.25, 0.3) is 14.2 Å². The van der Waals surface area contributed by atoms with Gasteiger partial charge in [0.05, 0.1) is 12.1 Å². The standard InChI is InChI=1S/C36H44BrNO4Si/c1-25(2)33-36(7,8)41-34(40)38(33)31(39)24-19-26(3)32(27-20-22-28(37)23-21-27)42-43(35(4,5)6,29-15-11-9-12-16-29)30-17-13-10-14-18-30/h9-26,32-33H,1-8H3/b24-19+/t26-,32+,33?/m0/s1. The summed E-state index contributed by atoms with van der Waals surface area (Å²) in [6, 6.07) is 28.9. The third kappa shape index (κ3) is 6.74. The lowest BCUT2D eigenvalue weighted by Gasteiger charge is -2.46. The number of ether oxygens (including phenoxy) is 1. The van der Waals surface area contributed by atoms with E-state index in [0.717, 1.165) is 10.0 Å². The predicted octanol–water partition coefficient (Wildman–Crippen LogP) is 8.04. The van der Waals surface area contributed by atoms with Gasteiger partial charge >= 0.3 is 6.09 Å². The number of benzene rings is 3. The first-order valence-corrected chi connectivity index (χ1v) is 17.7. The molecule has 228 valence electrons. The van der Waals surface area contributed by atoms with Crippen LogP contribution in [0.1, 0.15) is 67.1 Å². The summed E-state index contributed by atoms with van der Waals surface area (Å²) in [7, 11) is -2.92. The zero-order valence-electron chi connectivity index (χ0n) is 26.5. The molecule has 4 rings (SSSR count). The SMILES string of the molecule is CC(C)C1N(C(=O)/C=C/[C@H](C)[C@@H](O[Si](c2ccccc2)(c2ccccc2)C(C)(C)C)c2ccc(Br)cc2)C(=O)OC1(C)C. The van der Waals surface area contributed by atoms with E-state index in [-0.39, 0.29) is 34.9 Å². The van der Waals surface area contributed by atoms with Gasteiger partial charge in [-0.1, -0.05) is 136 Å². The summed E-state index contributed by atoms with van der Waals surface area (Å²) < 4.78 is 14.2. The second-order valence-corrected chi connectivity index (χ2v) is 18.5. The summed E-state index contributed by atoms with van der Waals surface area (Å²) in [5.74, 6) is -0.526. The fourth-order valence-electron chi connectivity index (χ4n) is 6.52. The van der Waals surface area contributed by atoms with Gasteiger partial charge in [-0.2, -0.15) is 0 Å². The third-order valence-corrected chi connectivity index (χ3v) is 13.9. The van der Waals surface area contributed by atoms with Crippen molar-refractivity contribution in [3.63, 3.8) is 0 Å². The smallest absolute Gasteiger partial charge is 0.417 e. The molecule has 0 radical (unpaired) electrons. The van der Waals surface area contributed by atoms with Crippen molar-refractivity contribution < 1.29 is 18.8 Å². The van der Waals surface area contributed by atoms with Crippen molar-refractivity contribution in [2.24, 2.45) is 11.8 Å². The molecular weight excluding hydrogens is 618 g/mol. The molecule has 1 unspecified atom stereocenters. The Morgan fingerprint density at radius 2 is 1.44 bits per heavy atom. The molecule has 3 atom stereocenters. The molecule has 1 saturated heterocycles. The first-order valence-electron chi connectivity index (χ1n) is 15.0. The van der Waals surface area contributed by atoms with Gasteiger partial charge in [0.1, 0.15) is 5.60 Å². The van der Waals surface area contributed by atoms with E-state index in [1.165, 1.54) is 21.3 Å². The number of amides is 2. The molecule has 3 aromatic carbocycles. The number of carbonyl (C=O) groups excluding carboxylic acids is 2. The highest BCUT2D eigenvalue weighted by molar-refractivity contribution is 9.10. The molecule has 0 bridgehead atoms. The molecule has 0 spiro atoms. The number of carbonyl (C=O) groups is 2. The van der Waals surface area contributed by atoms with Crippen molar-refractivity contribution in [2.45, 2.75) is 78.2 Å². The maximum Gasteiger partial charge on any atom is 0.417 e. The molecule has 1 aliphatic heterocycles. The maximum absolute atomic E-state index is 13.6. The molecule has 0 saturated carbocycles. The molecule has 0 aliphatic carbocycles. The normalized spacial score (nSPS) is 18.6. The second-order valence-electron chi connectivity index (χ2n) is 13.3. The number of cyclic esters (lactones) is 1. The lowest BCUT2D eigenvalue weighted by atomic mass is 9.89. The molecule has 43 heavy (non-hydrogen) atoms. The minimum Gasteiger partial charge on any atom is -0.441 e. The average Bonchev–Trinajstić information content (AvgIpc) is 3.21. The lowest BCUT2D eigenvalue weighted by Crippen LogP contribution is -2.67. The van der Waals surface area contributed by atoms with Crippen LogP contribution in [0.25, 0.3) is 0 Å². The van der Waals surface area contributed by atoms with E-state index in [0.29, 0.717) is 0 Å². The number of halogens is 1. The van der Waals surface area contributed by atoms with E-state index in [1.807, 2.05) is 58.0 Å². The number of hydrogen-bond donors (Lipinski definition) is 0. The Hall–Kier alpha value is -3.00. The quantitative estimate of drug-likeness (QED) is 0.172. The number of nitrogens with zero attached hydrogens (tertiary/aromatic N) is 1. The Balaban J connectivity index is 1.80. The summed E-state index contributed by atoms with van der Waals surface area (Å²) in [6.45, 7) is 16.6. The van der Waals surface area contributed by atoms with Gasteiger partial charge in [-0.3, -0.25) is 4.79 Å². The van der Waals surface area contributed by atoms with Crippen LogP contribution in [0, 0.1) is 11.8 Å². The molecule has 1 heterocycles. The highest BCUT2D eigenvalue weighted by Crippen LogP contribution is 2.42. The van der Waals surface area contributed by atoms with Gasteiger partial charge in [0.15, 0.2) is 0 Å². The Labute approximate surface area is 266 Å². The van der Waals surface area contributed by atoms with Gasteiger partial charge in [0, 0.05) is 16.5 Å². The van der Waals surface area contributed by atoms with E-state index in [4.69, 9.17) is 9.16 Å². The molecule has 7 heteroatoms. The minimum atomic E-state index is -2.92. The van der Waals surface area contributed by atoms with Crippen LogP contribution < -0.4 is 10.4 Å². The summed E-state index contributed by atoms with van der Waals surface area (Å²) in [4.78, 5) is 27.6. The predicted molar refractivity (Wildman–Crippen MR) is 180 cm³/mol. The summed E-state index contributed by atoms with van der Waals surface area (Å²) in [6.07, 6.45) is 2.43. The van der Waals surface area contributed by atoms with Crippen molar-refractivity contribution in [3.8, 4) is 0 Å². The van der Waals surface area contributed by atoms with Crippen molar-refractivity contribution in [3.05, 3.63) is 107 Å². The molecule has 1 aliphatic rings. The van der Waals surface area contributed by atoms with Crippen LogP contribution in [0.5, 0.6) is 0 Å². The van der Waals surface area contributed by atoms with Crippen LogP contribution in [0.15, 0.2) is 102 Å². The lowest BCUT2D eigenvalue weighted by molar-refractivity contribution is -0.125. The van der Waals surface area contributed by atoms with Gasteiger partial charge < -0.3 is 9.16 Å². The van der Waals surface area contributed by atoms with Crippen LogP contribution in [-0.4, -0.2) is 36.9 Å². The van der Waals surface area contributed by atoms with Gasteiger partial charge in [0.2, 0.25) is 0 Å². The van der Waals surface area contributed by atoms with E-state index in [1.54, 1.807) is 0 Å². The van der Waals surface area contributed by atoms with E-state index >= 15 is 0 Å². The molecular formula is C36H44BrNO4Si. The van der Waals surface area contributed by atoms with E-state index in [2.05, 4.69) is 104 Å². The third-order valence-electron chi connectivity index (χ3n) is 8.35. The van der Waals surface area contributed by atoms with Crippen LogP contribution in [0.4, 0.5) is 4.79 Å². The summed E-state index contributed by atoms with van der Waals surface area (Å²) in [5, 5.41) is 2.15. The fraction of sp³-hybridized carbons (Fsp3) is 0.389. The van der Waals surface area contributed by atoms with E-state index < -0.39 is 20.0 Å².